The lowest BCUT2D eigenvalue weighted by Gasteiger charge is -2.28. The number of nitrogens with one attached hydrogen (secondary N) is 1. The normalized spacial score (nSPS) is 24.3. The maximum Gasteiger partial charge on any atom is 0.150 e. The molecule has 0 bridgehead atoms. The number of sulfone groups is 1. The Bertz CT molecular complexity index is 530. The summed E-state index contributed by atoms with van der Waals surface area (Å²) in [5, 5.41) is 3.03. The van der Waals surface area contributed by atoms with Crippen molar-refractivity contribution in [2.75, 3.05) is 6.26 Å². The summed E-state index contributed by atoms with van der Waals surface area (Å²) >= 11 is 0. The zero-order chi connectivity index (χ0) is 13.9. The minimum atomic E-state index is -2.96. The van der Waals surface area contributed by atoms with E-state index in [9.17, 15) is 12.8 Å². The molecule has 0 heterocycles. The van der Waals surface area contributed by atoms with Crippen LogP contribution in [0.3, 0.4) is 0 Å². The fourth-order valence-electron chi connectivity index (χ4n) is 2.62. The molecular weight excluding hydrogens is 265 g/mol. The molecule has 1 aliphatic carbocycles. The van der Waals surface area contributed by atoms with Crippen LogP contribution in [-0.2, 0) is 16.4 Å². The average Bonchev–Trinajstić information content (AvgIpc) is 2.37. The Balaban J connectivity index is 1.92. The first kappa shape index (κ1) is 14.5. The van der Waals surface area contributed by atoms with Crippen LogP contribution in [0.15, 0.2) is 24.3 Å². The molecule has 19 heavy (non-hydrogen) atoms. The van der Waals surface area contributed by atoms with Crippen LogP contribution in [0.2, 0.25) is 0 Å². The van der Waals surface area contributed by atoms with Crippen molar-refractivity contribution in [1.82, 2.24) is 5.32 Å². The van der Waals surface area contributed by atoms with Crippen molar-refractivity contribution in [3.63, 3.8) is 0 Å². The summed E-state index contributed by atoms with van der Waals surface area (Å²) in [5.74, 6) is -0.217. The van der Waals surface area contributed by atoms with Gasteiger partial charge in [-0.15, -0.1) is 0 Å². The molecule has 0 aliphatic heterocycles. The SMILES string of the molecule is CS(=O)(=O)C1CCCC(NCc2ccccc2F)C1. The first-order chi connectivity index (χ1) is 8.97. The Kier molecular flexibility index (Phi) is 4.58. The Morgan fingerprint density at radius 1 is 1.32 bits per heavy atom. The third kappa shape index (κ3) is 4.01. The van der Waals surface area contributed by atoms with Crippen LogP contribution in [0, 0.1) is 5.82 Å². The zero-order valence-corrected chi connectivity index (χ0v) is 11.9. The van der Waals surface area contributed by atoms with E-state index in [2.05, 4.69) is 5.32 Å². The summed E-state index contributed by atoms with van der Waals surface area (Å²) in [4.78, 5) is 0. The lowest BCUT2D eigenvalue weighted by atomic mass is 9.95. The van der Waals surface area contributed by atoms with Gasteiger partial charge in [-0.1, -0.05) is 24.6 Å². The molecule has 1 N–H and O–H groups in total. The number of hydrogen-bond donors (Lipinski definition) is 1. The van der Waals surface area contributed by atoms with Crippen LogP contribution in [0.4, 0.5) is 4.39 Å². The van der Waals surface area contributed by atoms with Crippen LogP contribution < -0.4 is 5.32 Å². The van der Waals surface area contributed by atoms with Gasteiger partial charge >= 0.3 is 0 Å². The largest absolute Gasteiger partial charge is 0.310 e. The Morgan fingerprint density at radius 2 is 2.05 bits per heavy atom. The van der Waals surface area contributed by atoms with Gasteiger partial charge in [-0.2, -0.15) is 0 Å². The third-order valence-electron chi connectivity index (χ3n) is 3.77. The van der Waals surface area contributed by atoms with Gasteiger partial charge in [0.15, 0.2) is 0 Å². The minimum Gasteiger partial charge on any atom is -0.310 e. The summed E-state index contributed by atoms with van der Waals surface area (Å²) < 4.78 is 36.6. The molecule has 5 heteroatoms. The highest BCUT2D eigenvalue weighted by molar-refractivity contribution is 7.91. The van der Waals surface area contributed by atoms with Crippen molar-refractivity contribution in [3.8, 4) is 0 Å². The van der Waals surface area contributed by atoms with E-state index in [1.807, 2.05) is 0 Å². The lowest BCUT2D eigenvalue weighted by Crippen LogP contribution is -2.38. The second kappa shape index (κ2) is 6.01. The first-order valence-corrected chi connectivity index (χ1v) is 8.58. The molecule has 3 nitrogen and oxygen atoms in total. The van der Waals surface area contributed by atoms with Crippen LogP contribution >= 0.6 is 0 Å². The highest BCUT2D eigenvalue weighted by Crippen LogP contribution is 2.24. The molecule has 1 saturated carbocycles. The standard InChI is InChI=1S/C14H20FNO2S/c1-19(17,18)13-7-4-6-12(9-13)16-10-11-5-2-3-8-14(11)15/h2-3,5,8,12-13,16H,4,6-7,9-10H2,1H3. The molecule has 0 radical (unpaired) electrons. The quantitative estimate of drug-likeness (QED) is 0.923. The molecule has 0 aromatic heterocycles. The predicted molar refractivity (Wildman–Crippen MR) is 74.1 cm³/mol. The summed E-state index contributed by atoms with van der Waals surface area (Å²) in [6, 6.07) is 6.82. The molecule has 2 atom stereocenters. The number of hydrogen-bond acceptors (Lipinski definition) is 3. The molecule has 0 spiro atoms. The van der Waals surface area contributed by atoms with Gasteiger partial charge in [-0.25, -0.2) is 12.8 Å². The van der Waals surface area contributed by atoms with Crippen molar-refractivity contribution in [2.24, 2.45) is 0 Å². The van der Waals surface area contributed by atoms with Gasteiger partial charge in [0.05, 0.1) is 5.25 Å². The van der Waals surface area contributed by atoms with E-state index in [4.69, 9.17) is 0 Å². The van der Waals surface area contributed by atoms with Gasteiger partial charge in [-0.05, 0) is 25.3 Å². The second-order valence-electron chi connectivity index (χ2n) is 5.29. The fraction of sp³-hybridized carbons (Fsp3) is 0.571. The van der Waals surface area contributed by atoms with Crippen molar-refractivity contribution in [3.05, 3.63) is 35.6 Å². The van der Waals surface area contributed by atoms with Gasteiger partial charge in [-0.3, -0.25) is 0 Å². The molecule has 0 saturated heterocycles. The molecule has 1 aliphatic rings. The minimum absolute atomic E-state index is 0.160. The van der Waals surface area contributed by atoms with E-state index >= 15 is 0 Å². The number of halogens is 1. The molecule has 2 rings (SSSR count). The van der Waals surface area contributed by atoms with Gasteiger partial charge in [0.1, 0.15) is 15.7 Å². The highest BCUT2D eigenvalue weighted by atomic mass is 32.2. The topological polar surface area (TPSA) is 46.2 Å². The van der Waals surface area contributed by atoms with E-state index in [0.29, 0.717) is 18.5 Å². The van der Waals surface area contributed by atoms with E-state index in [1.54, 1.807) is 18.2 Å². The first-order valence-electron chi connectivity index (χ1n) is 6.62. The number of benzene rings is 1. The van der Waals surface area contributed by atoms with Crippen LogP contribution in [0.5, 0.6) is 0 Å². The van der Waals surface area contributed by atoms with Gasteiger partial charge in [0.25, 0.3) is 0 Å². The smallest absolute Gasteiger partial charge is 0.150 e. The van der Waals surface area contributed by atoms with Crippen LogP contribution in [0.25, 0.3) is 0 Å². The Morgan fingerprint density at radius 3 is 2.74 bits per heavy atom. The molecule has 0 amide bonds. The molecular formula is C14H20FNO2S. The molecule has 1 aromatic carbocycles. The molecule has 106 valence electrons. The summed E-state index contributed by atoms with van der Waals surface area (Å²) in [6.45, 7) is 0.452. The van der Waals surface area contributed by atoms with Gasteiger partial charge in [0.2, 0.25) is 0 Å². The number of rotatable bonds is 4. The maximum absolute atomic E-state index is 13.5. The predicted octanol–water partition coefficient (Wildman–Crippen LogP) is 2.27. The monoisotopic (exact) mass is 285 g/mol. The van der Waals surface area contributed by atoms with Gasteiger partial charge < -0.3 is 5.32 Å². The molecule has 1 aromatic rings. The summed E-state index contributed by atoms with van der Waals surface area (Å²) in [6.07, 6.45) is 4.55. The van der Waals surface area contributed by atoms with E-state index in [-0.39, 0.29) is 17.1 Å². The van der Waals surface area contributed by atoms with Crippen molar-refractivity contribution in [1.29, 1.82) is 0 Å². The zero-order valence-electron chi connectivity index (χ0n) is 11.1. The molecule has 2 unspecified atom stereocenters. The summed E-state index contributed by atoms with van der Waals surface area (Å²) in [5.41, 5.74) is 0.629. The van der Waals surface area contributed by atoms with E-state index in [1.165, 1.54) is 12.3 Å². The van der Waals surface area contributed by atoms with Crippen molar-refractivity contribution in [2.45, 2.75) is 43.5 Å². The van der Waals surface area contributed by atoms with E-state index < -0.39 is 9.84 Å². The Hall–Kier alpha value is -0.940. The van der Waals surface area contributed by atoms with Crippen molar-refractivity contribution < 1.29 is 12.8 Å². The second-order valence-corrected chi connectivity index (χ2v) is 7.61. The van der Waals surface area contributed by atoms with Crippen LogP contribution in [0.1, 0.15) is 31.2 Å². The highest BCUT2D eigenvalue weighted by Gasteiger charge is 2.28. The average molecular weight is 285 g/mol. The Labute approximate surface area is 114 Å². The third-order valence-corrected chi connectivity index (χ3v) is 5.41. The molecule has 1 fully saturated rings. The fourth-order valence-corrected chi connectivity index (χ4v) is 3.79. The van der Waals surface area contributed by atoms with Crippen LogP contribution in [-0.4, -0.2) is 26.0 Å². The van der Waals surface area contributed by atoms with Crippen molar-refractivity contribution >= 4 is 9.84 Å². The lowest BCUT2D eigenvalue weighted by molar-refractivity contribution is 0.369. The van der Waals surface area contributed by atoms with E-state index in [0.717, 1.165) is 19.3 Å². The summed E-state index contributed by atoms with van der Waals surface area (Å²) in [7, 11) is -2.96. The van der Waals surface area contributed by atoms with Gasteiger partial charge in [0, 0.05) is 24.4 Å². The maximum atomic E-state index is 13.5.